The van der Waals surface area contributed by atoms with Gasteiger partial charge in [-0.3, -0.25) is 4.79 Å². The number of hydrogen-bond donors (Lipinski definition) is 3. The zero-order chi connectivity index (χ0) is 14.0. The molecule has 0 fully saturated rings. The maximum absolute atomic E-state index is 10.8. The molecule has 1 aromatic rings. The number of aliphatic hydroxyl groups excluding tert-OH is 1. The van der Waals surface area contributed by atoms with Crippen LogP contribution in [0.15, 0.2) is 16.6 Å². The summed E-state index contributed by atoms with van der Waals surface area (Å²) in [6.45, 7) is 1.05. The molecule has 2 unspecified atom stereocenters. The monoisotopic (exact) mass is 331 g/mol. The van der Waals surface area contributed by atoms with E-state index >= 15 is 0 Å². The Morgan fingerprint density at radius 3 is 2.74 bits per heavy atom. The van der Waals surface area contributed by atoms with E-state index in [9.17, 15) is 9.90 Å². The normalized spacial score (nSPS) is 17.4. The Balaban J connectivity index is 2.35. The first-order valence-electron chi connectivity index (χ1n) is 5.76. The molecule has 6 nitrogen and oxygen atoms in total. The van der Waals surface area contributed by atoms with Crippen molar-refractivity contribution in [1.82, 2.24) is 0 Å². The Morgan fingerprint density at radius 1 is 1.37 bits per heavy atom. The molecule has 2 atom stereocenters. The predicted molar refractivity (Wildman–Crippen MR) is 70.3 cm³/mol. The van der Waals surface area contributed by atoms with Crippen molar-refractivity contribution in [1.29, 1.82) is 0 Å². The number of hydrogen-bond acceptors (Lipinski definition) is 5. The summed E-state index contributed by atoms with van der Waals surface area (Å²) in [7, 11) is 0. The average molecular weight is 332 g/mol. The second-order valence-electron chi connectivity index (χ2n) is 4.19. The van der Waals surface area contributed by atoms with Crippen molar-refractivity contribution in [3.63, 3.8) is 0 Å². The van der Waals surface area contributed by atoms with Crippen LogP contribution >= 0.6 is 15.9 Å². The third kappa shape index (κ3) is 2.99. The number of nitrogens with two attached hydrogens (primary N) is 1. The van der Waals surface area contributed by atoms with Crippen molar-refractivity contribution < 1.29 is 24.5 Å². The van der Waals surface area contributed by atoms with Gasteiger partial charge in [0.1, 0.15) is 12.1 Å². The fourth-order valence-electron chi connectivity index (χ4n) is 1.76. The molecular formula is C12H14BrNO5. The molecule has 0 radical (unpaired) electrons. The minimum Gasteiger partial charge on any atom is -0.490 e. The fraction of sp³-hybridized carbons (Fsp3) is 0.417. The third-order valence-corrected chi connectivity index (χ3v) is 3.38. The Labute approximate surface area is 118 Å². The van der Waals surface area contributed by atoms with E-state index < -0.39 is 18.1 Å². The number of ether oxygens (including phenoxy) is 2. The second-order valence-corrected chi connectivity index (χ2v) is 5.04. The molecular weight excluding hydrogens is 318 g/mol. The summed E-state index contributed by atoms with van der Waals surface area (Å²) in [4.78, 5) is 10.8. The molecule has 0 saturated heterocycles. The van der Waals surface area contributed by atoms with Gasteiger partial charge >= 0.3 is 5.97 Å². The quantitative estimate of drug-likeness (QED) is 0.765. The van der Waals surface area contributed by atoms with E-state index in [0.29, 0.717) is 34.7 Å². The molecule has 0 aliphatic carbocycles. The largest absolute Gasteiger partial charge is 0.490 e. The number of carboxylic acids is 1. The van der Waals surface area contributed by atoms with Crippen molar-refractivity contribution in [2.45, 2.75) is 18.6 Å². The van der Waals surface area contributed by atoms with E-state index in [1.54, 1.807) is 12.1 Å². The van der Waals surface area contributed by atoms with Gasteiger partial charge in [0.25, 0.3) is 0 Å². The zero-order valence-corrected chi connectivity index (χ0v) is 11.6. The van der Waals surface area contributed by atoms with Crippen molar-refractivity contribution in [2.75, 3.05) is 13.2 Å². The van der Waals surface area contributed by atoms with Gasteiger partial charge in [-0.05, 0) is 33.6 Å². The molecule has 7 heteroatoms. The minimum absolute atomic E-state index is 0.367. The maximum Gasteiger partial charge on any atom is 0.323 e. The highest BCUT2D eigenvalue weighted by atomic mass is 79.9. The number of carboxylic acid groups (broad SMARTS) is 1. The molecule has 1 aromatic carbocycles. The number of aliphatic carboxylic acids is 1. The minimum atomic E-state index is -1.39. The van der Waals surface area contributed by atoms with Crippen LogP contribution in [0.2, 0.25) is 0 Å². The van der Waals surface area contributed by atoms with Crippen LogP contribution in [0.1, 0.15) is 18.1 Å². The summed E-state index contributed by atoms with van der Waals surface area (Å²) < 4.78 is 11.6. The van der Waals surface area contributed by atoms with Crippen molar-refractivity contribution in [3.8, 4) is 11.5 Å². The van der Waals surface area contributed by atoms with Gasteiger partial charge in [-0.1, -0.05) is 0 Å². The number of halogens is 1. The van der Waals surface area contributed by atoms with Crippen molar-refractivity contribution >= 4 is 21.9 Å². The number of fused-ring (bicyclic) bond motifs is 1. The van der Waals surface area contributed by atoms with E-state index in [0.717, 1.165) is 6.42 Å². The molecule has 104 valence electrons. The van der Waals surface area contributed by atoms with Crippen LogP contribution in [-0.2, 0) is 4.79 Å². The van der Waals surface area contributed by atoms with Gasteiger partial charge < -0.3 is 25.4 Å². The van der Waals surface area contributed by atoms with Crippen LogP contribution in [0.4, 0.5) is 0 Å². The summed E-state index contributed by atoms with van der Waals surface area (Å²) in [6.07, 6.45) is -0.556. The lowest BCUT2D eigenvalue weighted by atomic mass is 10.0. The first-order chi connectivity index (χ1) is 9.00. The standard InChI is InChI=1S/C12H14BrNO5/c13-7-4-6(10(15)9(14)12(16)17)5-8-11(7)19-3-1-2-18-8/h4-5,9-10,15H,1-3,14H2,(H,16,17). The lowest BCUT2D eigenvalue weighted by Gasteiger charge is -2.18. The highest BCUT2D eigenvalue weighted by Crippen LogP contribution is 2.39. The molecule has 1 heterocycles. The van der Waals surface area contributed by atoms with Crippen molar-refractivity contribution in [2.24, 2.45) is 5.73 Å². The molecule has 0 aromatic heterocycles. The molecule has 0 amide bonds. The summed E-state index contributed by atoms with van der Waals surface area (Å²) in [5, 5.41) is 18.7. The Bertz CT molecular complexity index is 493. The molecule has 0 saturated carbocycles. The third-order valence-electron chi connectivity index (χ3n) is 2.79. The van der Waals surface area contributed by atoms with Crippen LogP contribution in [0.3, 0.4) is 0 Å². The lowest BCUT2D eigenvalue weighted by Crippen LogP contribution is -2.36. The topological polar surface area (TPSA) is 102 Å². The average Bonchev–Trinajstić information content (AvgIpc) is 2.62. The molecule has 1 aliphatic heterocycles. The number of carbonyl (C=O) groups is 1. The molecule has 4 N–H and O–H groups in total. The molecule has 19 heavy (non-hydrogen) atoms. The number of aliphatic hydroxyl groups is 1. The van der Waals surface area contributed by atoms with E-state index in [2.05, 4.69) is 15.9 Å². The molecule has 1 aliphatic rings. The molecule has 2 rings (SSSR count). The fourth-order valence-corrected chi connectivity index (χ4v) is 2.34. The summed E-state index contributed by atoms with van der Waals surface area (Å²) >= 11 is 3.32. The summed E-state index contributed by atoms with van der Waals surface area (Å²) in [6, 6.07) is 1.75. The zero-order valence-electron chi connectivity index (χ0n) is 10.0. The van der Waals surface area contributed by atoms with E-state index in [4.69, 9.17) is 20.3 Å². The number of benzene rings is 1. The van der Waals surface area contributed by atoms with Crippen LogP contribution < -0.4 is 15.2 Å². The van der Waals surface area contributed by atoms with Gasteiger partial charge in [0.2, 0.25) is 0 Å². The smallest absolute Gasteiger partial charge is 0.323 e. The van der Waals surface area contributed by atoms with Gasteiger partial charge in [-0.2, -0.15) is 0 Å². The first-order valence-corrected chi connectivity index (χ1v) is 6.55. The van der Waals surface area contributed by atoms with Crippen LogP contribution in [0.5, 0.6) is 11.5 Å². The molecule has 0 bridgehead atoms. The van der Waals surface area contributed by atoms with E-state index in [-0.39, 0.29) is 0 Å². The number of rotatable bonds is 3. The first kappa shape index (κ1) is 14.1. The van der Waals surface area contributed by atoms with Crippen LogP contribution in [-0.4, -0.2) is 35.4 Å². The van der Waals surface area contributed by atoms with Gasteiger partial charge in [0.05, 0.1) is 17.7 Å². The molecule has 0 spiro atoms. The Kier molecular flexibility index (Phi) is 4.28. The summed E-state index contributed by atoms with van der Waals surface area (Å²) in [5.74, 6) is -0.244. The lowest BCUT2D eigenvalue weighted by molar-refractivity contribution is -0.141. The highest BCUT2D eigenvalue weighted by Gasteiger charge is 2.26. The Morgan fingerprint density at radius 2 is 2.05 bits per heavy atom. The predicted octanol–water partition coefficient (Wildman–Crippen LogP) is 1.06. The van der Waals surface area contributed by atoms with Gasteiger partial charge in [0.15, 0.2) is 11.5 Å². The summed E-state index contributed by atoms with van der Waals surface area (Å²) in [5.41, 5.74) is 5.78. The van der Waals surface area contributed by atoms with Gasteiger partial charge in [-0.25, -0.2) is 0 Å². The highest BCUT2D eigenvalue weighted by molar-refractivity contribution is 9.10. The van der Waals surface area contributed by atoms with Gasteiger partial charge in [0, 0.05) is 6.42 Å². The SMILES string of the molecule is NC(C(=O)O)C(O)c1cc(Br)c2c(c1)OCCCO2. The van der Waals surface area contributed by atoms with Crippen molar-refractivity contribution in [3.05, 3.63) is 22.2 Å². The van der Waals surface area contributed by atoms with E-state index in [1.165, 1.54) is 0 Å². The van der Waals surface area contributed by atoms with Crippen LogP contribution in [0.25, 0.3) is 0 Å². The van der Waals surface area contributed by atoms with Crippen LogP contribution in [0, 0.1) is 0 Å². The van der Waals surface area contributed by atoms with E-state index in [1.807, 2.05) is 0 Å². The maximum atomic E-state index is 10.8. The second kappa shape index (κ2) is 5.77. The Hall–Kier alpha value is -1.31. The van der Waals surface area contributed by atoms with Gasteiger partial charge in [-0.15, -0.1) is 0 Å².